The molecule has 12 aromatic carbocycles. The summed E-state index contributed by atoms with van der Waals surface area (Å²) in [5, 5.41) is 9.55. The zero-order chi connectivity index (χ0) is 61.5. The number of halogens is 2. The number of benzene rings is 12. The molecular weight excluding hydrogens is 1130 g/mol. The van der Waals surface area contributed by atoms with E-state index >= 15 is 8.78 Å². The Morgan fingerprint density at radius 3 is 1.88 bits per heavy atom. The summed E-state index contributed by atoms with van der Waals surface area (Å²) in [6, 6.07) is 58.2. The van der Waals surface area contributed by atoms with Crippen molar-refractivity contribution in [3.05, 3.63) is 225 Å². The average Bonchev–Trinajstić information content (AvgIpc) is 1.34. The number of hydrogen-bond acceptors (Lipinski definition) is 3. The smallest absolute Gasteiger partial charge is 0.247 e. The van der Waals surface area contributed by atoms with Crippen molar-refractivity contribution in [1.82, 2.24) is 27.9 Å². The van der Waals surface area contributed by atoms with E-state index in [9.17, 15) is 0 Å². The lowest BCUT2D eigenvalue weighted by molar-refractivity contribution is 0.510. The molecule has 0 N–H and O–H groups in total. The van der Waals surface area contributed by atoms with Crippen molar-refractivity contribution in [2.24, 2.45) is 0 Å². The Bertz CT molecular complexity index is 6400. The zero-order valence-electron chi connectivity index (χ0n) is 52.3. The van der Waals surface area contributed by atoms with Crippen LogP contribution in [0.25, 0.3) is 132 Å². The molecule has 0 amide bonds. The fourth-order valence-corrected chi connectivity index (χ4v) is 18.3. The first kappa shape index (κ1) is 51.5. The number of imidazole rings is 2. The number of aryl methyl sites for hydroxylation is 9. The van der Waals surface area contributed by atoms with Gasteiger partial charge in [0.15, 0.2) is 11.6 Å². The number of fused-ring (bicyclic) bond motifs is 18. The molecule has 0 atom stereocenters. The van der Waals surface area contributed by atoms with E-state index < -0.39 is 11.6 Å². The van der Waals surface area contributed by atoms with E-state index in [1.54, 1.807) is 0 Å². The van der Waals surface area contributed by atoms with E-state index in [2.05, 4.69) is 219 Å². The summed E-state index contributed by atoms with van der Waals surface area (Å²) in [7, 11) is 0. The standard InChI is InChI=1S/C81H58B2F2N6O/c1-39-29-41(3)74(42(4)30-39)83-57-35-54-53-13-10-12-52(78(53)92-69(54)38-67(57)91-77-59(83)33-49-19-17-44-21-26-65(72(77)70(44)49)88-68-37-61(85)60(84)36-63(68)87-79(88)91)47-20-24-51-46(31-47)11-9-14-55(51)82-56-34-50(81(6,7)8)23-28-64(56)89-76-58(82)32-48-18-16-45-22-27-66(73(76)71(45)48)90-75-43(5)40(2)15-25-62(75)86-80(89)90/h9-15,20-38H,16-19H2,1-8H3. The van der Waals surface area contributed by atoms with Gasteiger partial charge in [-0.1, -0.05) is 158 Å². The Morgan fingerprint density at radius 2 is 1.13 bits per heavy atom. The zero-order valence-corrected chi connectivity index (χ0v) is 52.3. The number of para-hydroxylation sites is 1. The Balaban J connectivity index is 0.792. The summed E-state index contributed by atoms with van der Waals surface area (Å²) < 4.78 is 47.5. The van der Waals surface area contributed by atoms with Gasteiger partial charge >= 0.3 is 0 Å². The van der Waals surface area contributed by atoms with Gasteiger partial charge in [-0.25, -0.2) is 18.7 Å². The molecular formula is C81H58B2F2N6O. The highest BCUT2D eigenvalue weighted by Crippen LogP contribution is 2.45. The summed E-state index contributed by atoms with van der Waals surface area (Å²) in [5.41, 5.74) is 33.8. The Morgan fingerprint density at radius 1 is 0.467 bits per heavy atom. The normalized spacial score (nSPS) is 14.2. The van der Waals surface area contributed by atoms with Gasteiger partial charge in [0.1, 0.15) is 11.2 Å². The topological polar surface area (TPSA) is 57.6 Å². The second kappa shape index (κ2) is 17.2. The minimum Gasteiger partial charge on any atom is -0.455 e. The molecule has 92 heavy (non-hydrogen) atoms. The highest BCUT2D eigenvalue weighted by Gasteiger charge is 2.41. The summed E-state index contributed by atoms with van der Waals surface area (Å²) in [4.78, 5) is 10.8. The minimum atomic E-state index is -0.918. The molecule has 0 saturated heterocycles. The fourth-order valence-electron chi connectivity index (χ4n) is 18.3. The van der Waals surface area contributed by atoms with Crippen LogP contribution in [-0.2, 0) is 31.1 Å². The first-order valence-corrected chi connectivity index (χ1v) is 32.6. The van der Waals surface area contributed by atoms with Gasteiger partial charge in [-0.2, -0.15) is 0 Å². The van der Waals surface area contributed by atoms with Gasteiger partial charge in [0, 0.05) is 56.7 Å². The second-order valence-electron chi connectivity index (χ2n) is 28.4. The lowest BCUT2D eigenvalue weighted by Crippen LogP contribution is -2.58. The molecule has 7 nitrogen and oxygen atoms in total. The third-order valence-electron chi connectivity index (χ3n) is 22.3. The molecule has 0 unspecified atom stereocenters. The maximum atomic E-state index is 15.5. The molecule has 11 heteroatoms. The summed E-state index contributed by atoms with van der Waals surface area (Å²) in [6.45, 7) is 17.9. The summed E-state index contributed by atoms with van der Waals surface area (Å²) in [6.07, 6.45) is 3.92. The highest BCUT2D eigenvalue weighted by molar-refractivity contribution is 7.00. The predicted octanol–water partition coefficient (Wildman–Crippen LogP) is 15.2. The van der Waals surface area contributed by atoms with Crippen LogP contribution in [0.3, 0.4) is 0 Å². The van der Waals surface area contributed by atoms with E-state index in [0.29, 0.717) is 16.8 Å². The molecule has 21 rings (SSSR count). The van der Waals surface area contributed by atoms with Gasteiger partial charge in [-0.15, -0.1) is 0 Å². The van der Waals surface area contributed by atoms with Gasteiger partial charge < -0.3 is 4.42 Å². The highest BCUT2D eigenvalue weighted by atomic mass is 19.2. The molecule has 17 aromatic rings. The van der Waals surface area contributed by atoms with Crippen LogP contribution >= 0.6 is 0 Å². The Labute approximate surface area is 528 Å². The van der Waals surface area contributed by atoms with Crippen LogP contribution in [-0.4, -0.2) is 41.3 Å². The largest absolute Gasteiger partial charge is 0.455 e. The van der Waals surface area contributed by atoms with E-state index in [-0.39, 0.29) is 18.8 Å². The minimum absolute atomic E-state index is 0.0715. The molecule has 2 aliphatic heterocycles. The van der Waals surface area contributed by atoms with Crippen molar-refractivity contribution in [3.8, 4) is 22.5 Å². The number of furan rings is 1. The molecule has 0 spiro atoms. The van der Waals surface area contributed by atoms with Crippen molar-refractivity contribution in [3.63, 3.8) is 0 Å². The Kier molecular flexibility index (Phi) is 9.63. The number of rotatable bonds is 3. The fraction of sp³-hybridized carbons (Fsp3) is 0.160. The second-order valence-corrected chi connectivity index (χ2v) is 28.4. The third-order valence-corrected chi connectivity index (χ3v) is 22.3. The molecule has 0 bridgehead atoms. The van der Waals surface area contributed by atoms with Crippen molar-refractivity contribution in [2.45, 2.75) is 86.5 Å². The molecule has 5 aromatic heterocycles. The van der Waals surface area contributed by atoms with Gasteiger partial charge in [0.25, 0.3) is 0 Å². The quantitative estimate of drug-likeness (QED) is 0.166. The van der Waals surface area contributed by atoms with E-state index in [0.717, 1.165) is 103 Å². The van der Waals surface area contributed by atoms with Gasteiger partial charge in [-0.3, -0.25) is 17.9 Å². The predicted molar refractivity (Wildman–Crippen MR) is 377 cm³/mol. The van der Waals surface area contributed by atoms with Crippen LogP contribution in [0, 0.1) is 46.3 Å². The maximum Gasteiger partial charge on any atom is 0.247 e. The molecule has 0 radical (unpaired) electrons. The number of nitrogens with zero attached hydrogens (tertiary/aromatic N) is 6. The van der Waals surface area contributed by atoms with E-state index in [4.69, 9.17) is 14.4 Å². The van der Waals surface area contributed by atoms with Crippen LogP contribution in [0.15, 0.2) is 162 Å². The average molecular weight is 1190 g/mol. The third kappa shape index (κ3) is 6.37. The van der Waals surface area contributed by atoms with E-state index in [1.165, 1.54) is 139 Å². The SMILES string of the molecule is Cc1cc(C)c(B2c3cc4c(cc3-n3c5c2cc2c6c(ccc(c65)n5c6cc(F)c(F)cc6nc35)CC2)oc2c(-c3ccc5c(B6c7cc(C(C)(C)C)ccc7-n7c8c6cc6c9c(ccc(c98)n8c9c(C)c(C)ccc9nc78)CC6)cccc5c3)cccc24)c(C)c1. The van der Waals surface area contributed by atoms with Crippen molar-refractivity contribution < 1.29 is 13.2 Å². The summed E-state index contributed by atoms with van der Waals surface area (Å²) >= 11 is 0. The van der Waals surface area contributed by atoms with Crippen molar-refractivity contribution in [2.75, 3.05) is 0 Å². The van der Waals surface area contributed by atoms with Gasteiger partial charge in [-0.05, 0) is 184 Å². The van der Waals surface area contributed by atoms with Crippen molar-refractivity contribution >= 4 is 156 Å². The molecule has 2 aliphatic carbocycles. The first-order chi connectivity index (χ1) is 44.6. The maximum absolute atomic E-state index is 15.5. The molecule has 0 fully saturated rings. The first-order valence-electron chi connectivity index (χ1n) is 32.6. The number of hydrogen-bond donors (Lipinski definition) is 0. The molecule has 7 heterocycles. The van der Waals surface area contributed by atoms with Crippen molar-refractivity contribution in [1.29, 1.82) is 0 Å². The lowest BCUT2D eigenvalue weighted by Gasteiger charge is -2.33. The molecule has 4 aliphatic rings. The monoisotopic (exact) mass is 1190 g/mol. The van der Waals surface area contributed by atoms with Crippen LogP contribution in [0.4, 0.5) is 8.78 Å². The van der Waals surface area contributed by atoms with Gasteiger partial charge in [0.05, 0.1) is 44.1 Å². The lowest BCUT2D eigenvalue weighted by atomic mass is 9.34. The van der Waals surface area contributed by atoms with Crippen LogP contribution in [0.2, 0.25) is 0 Å². The molecule has 0 saturated carbocycles. The van der Waals surface area contributed by atoms with Crippen LogP contribution in [0.5, 0.6) is 0 Å². The molecule has 438 valence electrons. The Hall–Kier alpha value is -10.3. The number of aromatic nitrogens is 6. The van der Waals surface area contributed by atoms with Gasteiger partial charge in [0.2, 0.25) is 25.0 Å². The summed E-state index contributed by atoms with van der Waals surface area (Å²) in [5.74, 6) is -0.280. The van der Waals surface area contributed by atoms with E-state index in [1.807, 2.05) is 0 Å². The van der Waals surface area contributed by atoms with Crippen LogP contribution in [0.1, 0.15) is 76.4 Å². The van der Waals surface area contributed by atoms with Crippen LogP contribution < -0.4 is 32.8 Å².